The number of amidine groups is 1. The highest BCUT2D eigenvalue weighted by Crippen LogP contribution is 2.34. The van der Waals surface area contributed by atoms with Gasteiger partial charge in [-0.15, -0.1) is 12.4 Å². The van der Waals surface area contributed by atoms with Gasteiger partial charge in [0.25, 0.3) is 0 Å². The summed E-state index contributed by atoms with van der Waals surface area (Å²) in [5, 5.41) is 0.907. The van der Waals surface area contributed by atoms with Crippen LogP contribution >= 0.6 is 24.2 Å². The van der Waals surface area contributed by atoms with E-state index in [-0.39, 0.29) is 24.5 Å². The van der Waals surface area contributed by atoms with Crippen LogP contribution < -0.4 is 4.90 Å². The fourth-order valence-electron chi connectivity index (χ4n) is 3.61. The maximum atomic E-state index is 12.8. The summed E-state index contributed by atoms with van der Waals surface area (Å²) in [5.41, 5.74) is -0.254. The first-order valence-corrected chi connectivity index (χ1v) is 10.2. The number of benzene rings is 1. The minimum atomic E-state index is -4.39. The number of carbonyl (C=O) groups is 1. The summed E-state index contributed by atoms with van der Waals surface area (Å²) in [4.78, 5) is 20.7. The van der Waals surface area contributed by atoms with Crippen LogP contribution in [0, 0.1) is 0 Å². The zero-order chi connectivity index (χ0) is 19.6. The monoisotopic (exact) mass is 435 g/mol. The Morgan fingerprint density at radius 2 is 1.79 bits per heavy atom. The maximum absolute atomic E-state index is 12.8. The minimum absolute atomic E-state index is 0. The fraction of sp³-hybridized carbons (Fsp3) is 0.579. The van der Waals surface area contributed by atoms with Gasteiger partial charge in [-0.1, -0.05) is 31.0 Å². The lowest BCUT2D eigenvalue weighted by Gasteiger charge is -2.33. The lowest BCUT2D eigenvalue weighted by Crippen LogP contribution is -2.48. The highest BCUT2D eigenvalue weighted by Gasteiger charge is 2.36. The largest absolute Gasteiger partial charge is 0.416 e. The highest BCUT2D eigenvalue weighted by molar-refractivity contribution is 8.14. The lowest BCUT2D eigenvalue weighted by atomic mass is 9.96. The molecular formula is C19H25ClF3N3OS. The van der Waals surface area contributed by atoms with Crippen LogP contribution in [0.4, 0.5) is 18.9 Å². The first-order valence-electron chi connectivity index (χ1n) is 9.18. The van der Waals surface area contributed by atoms with Crippen LogP contribution in [-0.2, 0) is 11.0 Å². The number of amides is 1. The fourth-order valence-corrected chi connectivity index (χ4v) is 4.83. The molecule has 1 aromatic rings. The molecule has 0 radical (unpaired) electrons. The molecule has 1 unspecified atom stereocenters. The molecule has 1 aliphatic heterocycles. The molecule has 0 spiro atoms. The molecule has 3 rings (SSSR count). The number of aliphatic imine (C=N–C) groups is 1. The summed E-state index contributed by atoms with van der Waals surface area (Å²) in [7, 11) is 1.90. The molecule has 156 valence electrons. The van der Waals surface area contributed by atoms with Gasteiger partial charge in [-0.3, -0.25) is 14.7 Å². The van der Waals surface area contributed by atoms with Crippen LogP contribution in [0.15, 0.2) is 29.3 Å². The van der Waals surface area contributed by atoms with Gasteiger partial charge in [0.1, 0.15) is 6.17 Å². The van der Waals surface area contributed by atoms with E-state index in [1.54, 1.807) is 16.7 Å². The second kappa shape index (κ2) is 9.39. The van der Waals surface area contributed by atoms with E-state index in [0.717, 1.165) is 30.1 Å². The van der Waals surface area contributed by atoms with Gasteiger partial charge in [0.05, 0.1) is 11.6 Å². The van der Waals surface area contributed by atoms with Gasteiger partial charge in [0.2, 0.25) is 5.91 Å². The summed E-state index contributed by atoms with van der Waals surface area (Å²) in [5.74, 6) is 0.439. The van der Waals surface area contributed by atoms with E-state index in [1.165, 1.54) is 38.3 Å². The van der Waals surface area contributed by atoms with Crippen LogP contribution in [0.1, 0.15) is 44.6 Å². The Morgan fingerprint density at radius 3 is 2.32 bits per heavy atom. The zero-order valence-electron chi connectivity index (χ0n) is 15.9. The number of alkyl halides is 3. The predicted octanol–water partition coefficient (Wildman–Crippen LogP) is 5.17. The molecule has 0 bridgehead atoms. The van der Waals surface area contributed by atoms with E-state index in [0.29, 0.717) is 17.5 Å². The van der Waals surface area contributed by atoms with Crippen LogP contribution in [0.25, 0.3) is 0 Å². The number of anilines is 1. The number of hydrogen-bond donors (Lipinski definition) is 0. The van der Waals surface area contributed by atoms with Gasteiger partial charge >= 0.3 is 6.18 Å². The number of carbonyl (C=O) groups excluding carboxylic acids is 1. The van der Waals surface area contributed by atoms with E-state index in [9.17, 15) is 18.0 Å². The quantitative estimate of drug-likeness (QED) is 0.656. The van der Waals surface area contributed by atoms with Crippen molar-refractivity contribution in [3.63, 3.8) is 0 Å². The van der Waals surface area contributed by atoms with Crippen molar-refractivity contribution >= 4 is 40.9 Å². The summed E-state index contributed by atoms with van der Waals surface area (Å²) in [6.07, 6.45) is 1.20. The van der Waals surface area contributed by atoms with E-state index >= 15 is 0 Å². The Balaban J connectivity index is 0.00000280. The van der Waals surface area contributed by atoms with Crippen molar-refractivity contribution in [1.29, 1.82) is 0 Å². The van der Waals surface area contributed by atoms with Crippen molar-refractivity contribution in [1.82, 2.24) is 4.90 Å². The summed E-state index contributed by atoms with van der Waals surface area (Å²) >= 11 is 1.60. The number of nitrogens with zero attached hydrogens (tertiary/aromatic N) is 3. The van der Waals surface area contributed by atoms with Crippen molar-refractivity contribution < 1.29 is 18.0 Å². The Hall–Kier alpha value is -1.41. The van der Waals surface area contributed by atoms with Gasteiger partial charge < -0.3 is 4.90 Å². The van der Waals surface area contributed by atoms with Crippen LogP contribution in [0.3, 0.4) is 0 Å². The average molecular weight is 436 g/mol. The van der Waals surface area contributed by atoms with Crippen LogP contribution in [-0.4, -0.2) is 41.0 Å². The number of hydrogen-bond acceptors (Lipinski definition) is 3. The Bertz CT molecular complexity index is 705. The number of thioether (sulfide) groups is 1. The molecule has 2 fully saturated rings. The van der Waals surface area contributed by atoms with Crippen molar-refractivity contribution in [2.45, 2.75) is 57.4 Å². The molecule has 1 atom stereocenters. The van der Waals surface area contributed by atoms with Gasteiger partial charge in [-0.25, -0.2) is 0 Å². The van der Waals surface area contributed by atoms with Gasteiger partial charge in [0.15, 0.2) is 5.17 Å². The third-order valence-corrected chi connectivity index (χ3v) is 6.20. The van der Waals surface area contributed by atoms with Crippen molar-refractivity contribution in [3.8, 4) is 0 Å². The summed E-state index contributed by atoms with van der Waals surface area (Å²) in [6.45, 7) is 1.44. The van der Waals surface area contributed by atoms with E-state index in [1.807, 2.05) is 11.9 Å². The second-order valence-corrected chi connectivity index (χ2v) is 8.03. The molecule has 1 aliphatic carbocycles. The molecule has 9 heteroatoms. The van der Waals surface area contributed by atoms with Crippen LogP contribution in [0.2, 0.25) is 0 Å². The van der Waals surface area contributed by atoms with Gasteiger partial charge in [-0.2, -0.15) is 13.2 Å². The standard InChI is InChI=1S/C19H24F3N3OS.ClH/c1-13(26)25(16-10-8-14(9-11-16)19(20,21)22)17-12-27-18(24(17)2)23-15-6-4-3-5-7-15;/h8-11,15,17H,3-7,12H2,1-2H3;1H. The molecule has 4 nitrogen and oxygen atoms in total. The minimum Gasteiger partial charge on any atom is -0.333 e. The molecule has 1 saturated carbocycles. The van der Waals surface area contributed by atoms with E-state index in [2.05, 4.69) is 0 Å². The average Bonchev–Trinajstić information content (AvgIpc) is 2.96. The Labute approximate surface area is 174 Å². The lowest BCUT2D eigenvalue weighted by molar-refractivity contribution is -0.137. The molecule has 28 heavy (non-hydrogen) atoms. The third-order valence-electron chi connectivity index (χ3n) is 5.09. The predicted molar refractivity (Wildman–Crippen MR) is 110 cm³/mol. The maximum Gasteiger partial charge on any atom is 0.416 e. The van der Waals surface area contributed by atoms with Crippen molar-refractivity contribution in [2.75, 3.05) is 17.7 Å². The molecule has 1 heterocycles. The molecular weight excluding hydrogens is 411 g/mol. The normalized spacial score (nSPS) is 22.2. The SMILES string of the molecule is CC(=O)N(c1ccc(C(F)(F)F)cc1)C1CSC(=NC2CCCCC2)N1C.Cl. The smallest absolute Gasteiger partial charge is 0.333 e. The summed E-state index contributed by atoms with van der Waals surface area (Å²) in [6, 6.07) is 5.09. The Morgan fingerprint density at radius 1 is 1.18 bits per heavy atom. The van der Waals surface area contributed by atoms with Crippen LogP contribution in [0.5, 0.6) is 0 Å². The molecule has 1 aromatic carbocycles. The van der Waals surface area contributed by atoms with E-state index < -0.39 is 11.7 Å². The zero-order valence-corrected chi connectivity index (χ0v) is 17.5. The third kappa shape index (κ3) is 5.14. The number of halogens is 4. The van der Waals surface area contributed by atoms with E-state index in [4.69, 9.17) is 4.99 Å². The molecule has 0 aromatic heterocycles. The molecule has 1 saturated heterocycles. The molecule has 1 amide bonds. The van der Waals surface area contributed by atoms with Crippen molar-refractivity contribution in [2.24, 2.45) is 4.99 Å². The number of rotatable bonds is 3. The summed E-state index contributed by atoms with van der Waals surface area (Å²) < 4.78 is 38.4. The first-order chi connectivity index (χ1) is 12.8. The van der Waals surface area contributed by atoms with Gasteiger partial charge in [-0.05, 0) is 37.1 Å². The second-order valence-electron chi connectivity index (χ2n) is 7.04. The Kier molecular flexibility index (Phi) is 7.67. The molecule has 2 aliphatic rings. The molecule has 0 N–H and O–H groups in total. The van der Waals surface area contributed by atoms with Gasteiger partial charge in [0, 0.05) is 25.4 Å². The topological polar surface area (TPSA) is 35.9 Å². The van der Waals surface area contributed by atoms with Crippen molar-refractivity contribution in [3.05, 3.63) is 29.8 Å². The first kappa shape index (κ1) is 22.9. The highest BCUT2D eigenvalue weighted by atomic mass is 35.5.